The minimum atomic E-state index is -0.618. The Morgan fingerprint density at radius 3 is 2.85 bits per heavy atom. The summed E-state index contributed by atoms with van der Waals surface area (Å²) in [5.41, 5.74) is -0.282. The molecule has 0 aliphatic heterocycles. The van der Waals surface area contributed by atoms with Crippen molar-refractivity contribution < 1.29 is 19.2 Å². The molecule has 0 aliphatic carbocycles. The van der Waals surface area contributed by atoms with E-state index in [-0.39, 0.29) is 29.1 Å². The van der Waals surface area contributed by atoms with Crippen LogP contribution in [0.2, 0.25) is 5.02 Å². The van der Waals surface area contributed by atoms with E-state index in [1.54, 1.807) is 6.92 Å². The van der Waals surface area contributed by atoms with Crippen molar-refractivity contribution in [2.45, 2.75) is 13.0 Å². The highest BCUT2D eigenvalue weighted by atomic mass is 35.5. The Kier molecular flexibility index (Phi) is 6.20. The monoisotopic (exact) mass is 302 g/mol. The number of nitrogens with zero attached hydrogens (tertiary/aromatic N) is 1. The van der Waals surface area contributed by atoms with Gasteiger partial charge in [0.05, 0.1) is 11.5 Å². The Balaban J connectivity index is 2.61. The zero-order chi connectivity index (χ0) is 15.1. The van der Waals surface area contributed by atoms with Crippen LogP contribution in [0.25, 0.3) is 0 Å². The highest BCUT2D eigenvalue weighted by Crippen LogP contribution is 2.29. The van der Waals surface area contributed by atoms with Crippen LogP contribution in [-0.4, -0.2) is 37.2 Å². The molecular weight excluding hydrogens is 288 g/mol. The lowest BCUT2D eigenvalue weighted by Gasteiger charge is -2.13. The SMILES string of the molecule is COCC(C)NC(=O)COc1ccc(Cl)cc1[N+](=O)[O-]. The van der Waals surface area contributed by atoms with Crippen LogP contribution in [0.4, 0.5) is 5.69 Å². The predicted molar refractivity (Wildman–Crippen MR) is 73.1 cm³/mol. The van der Waals surface area contributed by atoms with Gasteiger partial charge < -0.3 is 14.8 Å². The number of amides is 1. The second kappa shape index (κ2) is 7.66. The third-order valence-electron chi connectivity index (χ3n) is 2.30. The Labute approximate surface area is 121 Å². The number of benzene rings is 1. The number of hydrogen-bond donors (Lipinski definition) is 1. The lowest BCUT2D eigenvalue weighted by atomic mass is 10.3. The Hall–Kier alpha value is -1.86. The number of carbonyl (C=O) groups is 1. The molecular formula is C12H15ClN2O5. The Bertz CT molecular complexity index is 495. The maximum absolute atomic E-state index is 11.6. The third kappa shape index (κ3) is 5.02. The molecule has 1 amide bonds. The summed E-state index contributed by atoms with van der Waals surface area (Å²) in [4.78, 5) is 21.8. The molecule has 0 heterocycles. The number of ether oxygens (including phenoxy) is 2. The number of nitro groups is 1. The molecule has 0 aromatic heterocycles. The van der Waals surface area contributed by atoms with E-state index in [2.05, 4.69) is 5.32 Å². The third-order valence-corrected chi connectivity index (χ3v) is 2.54. The van der Waals surface area contributed by atoms with Gasteiger partial charge in [-0.15, -0.1) is 0 Å². The molecule has 8 heteroatoms. The van der Waals surface area contributed by atoms with Crippen LogP contribution < -0.4 is 10.1 Å². The number of nitrogens with one attached hydrogen (secondary N) is 1. The van der Waals surface area contributed by atoms with Crippen LogP contribution in [0.5, 0.6) is 5.75 Å². The largest absolute Gasteiger partial charge is 0.477 e. The minimum Gasteiger partial charge on any atom is -0.477 e. The normalized spacial score (nSPS) is 11.8. The molecule has 0 fully saturated rings. The van der Waals surface area contributed by atoms with E-state index >= 15 is 0 Å². The molecule has 1 unspecified atom stereocenters. The van der Waals surface area contributed by atoms with E-state index in [1.807, 2.05) is 0 Å². The first kappa shape index (κ1) is 16.2. The van der Waals surface area contributed by atoms with E-state index in [1.165, 1.54) is 25.3 Å². The number of hydrogen-bond acceptors (Lipinski definition) is 5. The van der Waals surface area contributed by atoms with Gasteiger partial charge >= 0.3 is 5.69 Å². The van der Waals surface area contributed by atoms with Crippen LogP contribution in [-0.2, 0) is 9.53 Å². The summed E-state index contributed by atoms with van der Waals surface area (Å²) in [7, 11) is 1.52. The second-order valence-electron chi connectivity index (χ2n) is 4.08. The Morgan fingerprint density at radius 1 is 1.55 bits per heavy atom. The van der Waals surface area contributed by atoms with Crippen molar-refractivity contribution >= 4 is 23.2 Å². The smallest absolute Gasteiger partial charge is 0.312 e. The van der Waals surface area contributed by atoms with Crippen molar-refractivity contribution in [2.24, 2.45) is 0 Å². The fourth-order valence-corrected chi connectivity index (χ4v) is 1.67. The van der Waals surface area contributed by atoms with Gasteiger partial charge in [0.1, 0.15) is 0 Å². The second-order valence-corrected chi connectivity index (χ2v) is 4.52. The van der Waals surface area contributed by atoms with Crippen LogP contribution in [0.15, 0.2) is 18.2 Å². The first-order valence-corrected chi connectivity index (χ1v) is 6.17. The zero-order valence-corrected chi connectivity index (χ0v) is 11.8. The summed E-state index contributed by atoms with van der Waals surface area (Å²) in [6.45, 7) is 1.81. The lowest BCUT2D eigenvalue weighted by molar-refractivity contribution is -0.385. The van der Waals surface area contributed by atoms with E-state index in [0.717, 1.165) is 0 Å². The predicted octanol–water partition coefficient (Wildman–Crippen LogP) is 1.78. The number of methoxy groups -OCH3 is 1. The summed E-state index contributed by atoms with van der Waals surface area (Å²) in [5, 5.41) is 13.7. The van der Waals surface area contributed by atoms with Crippen LogP contribution in [0, 0.1) is 10.1 Å². The van der Waals surface area contributed by atoms with E-state index in [4.69, 9.17) is 21.1 Å². The zero-order valence-electron chi connectivity index (χ0n) is 11.1. The molecule has 1 N–H and O–H groups in total. The molecule has 0 saturated carbocycles. The molecule has 0 bridgehead atoms. The van der Waals surface area contributed by atoms with Crippen molar-refractivity contribution in [3.8, 4) is 5.75 Å². The minimum absolute atomic E-state index is 0.00561. The summed E-state index contributed by atoms with van der Waals surface area (Å²) >= 11 is 5.67. The fourth-order valence-electron chi connectivity index (χ4n) is 1.51. The van der Waals surface area contributed by atoms with E-state index < -0.39 is 10.8 Å². The highest BCUT2D eigenvalue weighted by molar-refractivity contribution is 6.30. The van der Waals surface area contributed by atoms with Gasteiger partial charge in [0, 0.05) is 24.2 Å². The topological polar surface area (TPSA) is 90.7 Å². The van der Waals surface area contributed by atoms with Gasteiger partial charge in [-0.05, 0) is 19.1 Å². The number of halogens is 1. The van der Waals surface area contributed by atoms with Crippen molar-refractivity contribution in [3.05, 3.63) is 33.3 Å². The average Bonchev–Trinajstić information content (AvgIpc) is 2.37. The van der Waals surface area contributed by atoms with Crippen molar-refractivity contribution in [1.29, 1.82) is 0 Å². The maximum Gasteiger partial charge on any atom is 0.312 e. The standard InChI is InChI=1S/C12H15ClN2O5/c1-8(6-19-2)14-12(16)7-20-11-4-3-9(13)5-10(11)15(17)18/h3-5,8H,6-7H2,1-2H3,(H,14,16). The fraction of sp³-hybridized carbons (Fsp3) is 0.417. The van der Waals surface area contributed by atoms with Gasteiger partial charge in [-0.25, -0.2) is 0 Å². The molecule has 1 aromatic rings. The van der Waals surface area contributed by atoms with Gasteiger partial charge in [-0.1, -0.05) is 11.6 Å². The first-order chi connectivity index (χ1) is 9.43. The van der Waals surface area contributed by atoms with Gasteiger partial charge in [-0.3, -0.25) is 14.9 Å². The number of nitro benzene ring substituents is 1. The van der Waals surface area contributed by atoms with Crippen LogP contribution >= 0.6 is 11.6 Å². The summed E-state index contributed by atoms with van der Waals surface area (Å²) in [6, 6.07) is 3.81. The summed E-state index contributed by atoms with van der Waals surface area (Å²) in [6.07, 6.45) is 0. The van der Waals surface area contributed by atoms with Crippen molar-refractivity contribution in [1.82, 2.24) is 5.32 Å². The van der Waals surface area contributed by atoms with Gasteiger partial charge in [-0.2, -0.15) is 0 Å². The molecule has 110 valence electrons. The molecule has 7 nitrogen and oxygen atoms in total. The maximum atomic E-state index is 11.6. The Morgan fingerprint density at radius 2 is 2.25 bits per heavy atom. The molecule has 1 aromatic carbocycles. The van der Waals surface area contributed by atoms with E-state index in [0.29, 0.717) is 6.61 Å². The van der Waals surface area contributed by atoms with E-state index in [9.17, 15) is 14.9 Å². The molecule has 0 radical (unpaired) electrons. The molecule has 0 saturated heterocycles. The quantitative estimate of drug-likeness (QED) is 0.612. The van der Waals surface area contributed by atoms with Crippen LogP contribution in [0.3, 0.4) is 0 Å². The average molecular weight is 303 g/mol. The molecule has 20 heavy (non-hydrogen) atoms. The van der Waals surface area contributed by atoms with Crippen molar-refractivity contribution in [2.75, 3.05) is 20.3 Å². The summed E-state index contributed by atoms with van der Waals surface area (Å²) < 4.78 is 10.0. The number of carbonyl (C=O) groups excluding carboxylic acids is 1. The molecule has 0 aliphatic rings. The molecule has 1 atom stereocenters. The molecule has 1 rings (SSSR count). The van der Waals surface area contributed by atoms with Gasteiger partial charge in [0.25, 0.3) is 5.91 Å². The number of rotatable bonds is 7. The van der Waals surface area contributed by atoms with Gasteiger partial charge in [0.2, 0.25) is 0 Å². The van der Waals surface area contributed by atoms with Crippen LogP contribution in [0.1, 0.15) is 6.92 Å². The van der Waals surface area contributed by atoms with Gasteiger partial charge in [0.15, 0.2) is 12.4 Å². The molecule has 0 spiro atoms. The first-order valence-electron chi connectivity index (χ1n) is 5.79. The highest BCUT2D eigenvalue weighted by Gasteiger charge is 2.17. The summed E-state index contributed by atoms with van der Waals surface area (Å²) in [5.74, 6) is -0.396. The van der Waals surface area contributed by atoms with Crippen molar-refractivity contribution in [3.63, 3.8) is 0 Å². The lowest BCUT2D eigenvalue weighted by Crippen LogP contribution is -2.38.